The molecule has 3 aromatic carbocycles. The van der Waals surface area contributed by atoms with Gasteiger partial charge in [-0.15, -0.1) is 0 Å². The van der Waals surface area contributed by atoms with Crippen LogP contribution in [-0.4, -0.2) is 31.8 Å². The van der Waals surface area contributed by atoms with Crippen LogP contribution in [0.5, 0.6) is 17.2 Å². The van der Waals surface area contributed by atoms with E-state index in [1.165, 1.54) is 13.3 Å². The number of nitrogens with one attached hydrogen (secondary N) is 1. The van der Waals surface area contributed by atoms with Crippen molar-refractivity contribution >= 4 is 18.1 Å². The van der Waals surface area contributed by atoms with E-state index in [2.05, 4.69) is 10.5 Å². The van der Waals surface area contributed by atoms with Crippen molar-refractivity contribution in [3.05, 3.63) is 89.0 Å². The molecule has 1 N–H and O–H groups in total. The second-order valence-corrected chi connectivity index (χ2v) is 6.74. The van der Waals surface area contributed by atoms with E-state index in [0.717, 1.165) is 5.56 Å². The first kappa shape index (κ1) is 22.6. The van der Waals surface area contributed by atoms with Crippen LogP contribution in [0.25, 0.3) is 0 Å². The molecule has 0 spiro atoms. The molecular formula is C25H24N2O5. The number of nitrogens with zero attached hydrogens (tertiary/aromatic N) is 1. The van der Waals surface area contributed by atoms with E-state index in [4.69, 9.17) is 14.2 Å². The molecule has 3 aromatic rings. The summed E-state index contributed by atoms with van der Waals surface area (Å²) in [6, 6.07) is 19.1. The number of methoxy groups -OCH3 is 1. The zero-order valence-electron chi connectivity index (χ0n) is 18.1. The lowest BCUT2D eigenvalue weighted by Crippen LogP contribution is -2.18. The Labute approximate surface area is 186 Å². The highest BCUT2D eigenvalue weighted by atomic mass is 16.6. The second kappa shape index (κ2) is 10.8. The van der Waals surface area contributed by atoms with Gasteiger partial charge in [-0.1, -0.05) is 30.3 Å². The van der Waals surface area contributed by atoms with Crippen molar-refractivity contribution < 1.29 is 23.8 Å². The first-order chi connectivity index (χ1) is 15.5. The second-order valence-electron chi connectivity index (χ2n) is 6.74. The number of ether oxygens (including phenoxy) is 3. The molecule has 32 heavy (non-hydrogen) atoms. The molecule has 164 valence electrons. The summed E-state index contributed by atoms with van der Waals surface area (Å²) in [5.41, 5.74) is 4.90. The summed E-state index contributed by atoms with van der Waals surface area (Å²) < 4.78 is 16.4. The van der Waals surface area contributed by atoms with Gasteiger partial charge in [-0.05, 0) is 61.4 Å². The number of carbonyl (C=O) groups excluding carboxylic acids is 2. The average Bonchev–Trinajstić information content (AvgIpc) is 2.81. The molecule has 3 rings (SSSR count). The van der Waals surface area contributed by atoms with Gasteiger partial charge in [-0.25, -0.2) is 10.2 Å². The molecule has 0 saturated heterocycles. The lowest BCUT2D eigenvalue weighted by atomic mass is 10.1. The first-order valence-electron chi connectivity index (χ1n) is 10.0. The highest BCUT2D eigenvalue weighted by molar-refractivity contribution is 5.96. The minimum absolute atomic E-state index is 0.267. The summed E-state index contributed by atoms with van der Waals surface area (Å²) in [6.45, 7) is 4.07. The fourth-order valence-electron chi connectivity index (χ4n) is 2.98. The van der Waals surface area contributed by atoms with Crippen molar-refractivity contribution in [2.24, 2.45) is 5.10 Å². The van der Waals surface area contributed by atoms with Gasteiger partial charge in [0.05, 0.1) is 19.9 Å². The highest BCUT2D eigenvalue weighted by Gasteiger charge is 2.17. The van der Waals surface area contributed by atoms with E-state index in [1.807, 2.05) is 26.0 Å². The van der Waals surface area contributed by atoms with Crippen molar-refractivity contribution in [3.8, 4) is 17.2 Å². The van der Waals surface area contributed by atoms with Crippen LogP contribution in [0.2, 0.25) is 0 Å². The molecule has 0 saturated carbocycles. The van der Waals surface area contributed by atoms with Gasteiger partial charge in [0.25, 0.3) is 5.91 Å². The van der Waals surface area contributed by atoms with E-state index in [-0.39, 0.29) is 11.7 Å². The Bertz CT molecular complexity index is 1140. The van der Waals surface area contributed by atoms with Crippen LogP contribution in [-0.2, 0) is 0 Å². The van der Waals surface area contributed by atoms with Gasteiger partial charge in [0, 0.05) is 5.56 Å². The Kier molecular flexibility index (Phi) is 7.59. The smallest absolute Gasteiger partial charge is 0.347 e. The fraction of sp³-hybridized carbons (Fsp3) is 0.160. The first-order valence-corrected chi connectivity index (χ1v) is 10.0. The Hall–Kier alpha value is -4.13. The molecule has 0 aliphatic heterocycles. The van der Waals surface area contributed by atoms with Crippen LogP contribution in [0.15, 0.2) is 71.8 Å². The molecule has 0 unspecified atom stereocenters. The Morgan fingerprint density at radius 2 is 1.66 bits per heavy atom. The molecule has 0 aliphatic carbocycles. The van der Waals surface area contributed by atoms with Gasteiger partial charge in [0.15, 0.2) is 11.5 Å². The molecule has 7 heteroatoms. The number of rotatable bonds is 8. The third kappa shape index (κ3) is 5.51. The zero-order chi connectivity index (χ0) is 22.9. The summed E-state index contributed by atoms with van der Waals surface area (Å²) in [7, 11) is 1.49. The van der Waals surface area contributed by atoms with Crippen LogP contribution in [0, 0.1) is 6.92 Å². The van der Waals surface area contributed by atoms with Crippen molar-refractivity contribution in [2.45, 2.75) is 13.8 Å². The quantitative estimate of drug-likeness (QED) is 0.247. The van der Waals surface area contributed by atoms with Crippen LogP contribution >= 0.6 is 0 Å². The topological polar surface area (TPSA) is 86.2 Å². The Morgan fingerprint density at radius 3 is 2.38 bits per heavy atom. The number of benzene rings is 3. The number of hydrogen-bond acceptors (Lipinski definition) is 6. The number of esters is 1. The highest BCUT2D eigenvalue weighted by Crippen LogP contribution is 2.30. The van der Waals surface area contributed by atoms with E-state index < -0.39 is 5.97 Å². The van der Waals surface area contributed by atoms with Crippen molar-refractivity contribution in [1.29, 1.82) is 0 Å². The fourth-order valence-corrected chi connectivity index (χ4v) is 2.98. The minimum Gasteiger partial charge on any atom is -0.496 e. The summed E-state index contributed by atoms with van der Waals surface area (Å²) in [5, 5.41) is 4.02. The lowest BCUT2D eigenvalue weighted by molar-refractivity contribution is 0.0724. The molecule has 0 radical (unpaired) electrons. The predicted molar refractivity (Wildman–Crippen MR) is 122 cm³/mol. The summed E-state index contributed by atoms with van der Waals surface area (Å²) >= 11 is 0. The molecular weight excluding hydrogens is 408 g/mol. The average molecular weight is 432 g/mol. The van der Waals surface area contributed by atoms with Crippen LogP contribution in [0.4, 0.5) is 0 Å². The maximum absolute atomic E-state index is 12.6. The minimum atomic E-state index is -0.560. The number of para-hydroxylation sites is 1. The number of amides is 1. The third-order valence-corrected chi connectivity index (χ3v) is 4.57. The van der Waals surface area contributed by atoms with Crippen LogP contribution in [0.1, 0.15) is 38.8 Å². The van der Waals surface area contributed by atoms with Gasteiger partial charge in [-0.2, -0.15) is 5.10 Å². The van der Waals surface area contributed by atoms with Gasteiger partial charge >= 0.3 is 5.97 Å². The number of carbonyl (C=O) groups is 2. The summed E-state index contributed by atoms with van der Waals surface area (Å²) in [6.07, 6.45) is 1.49. The maximum Gasteiger partial charge on any atom is 0.347 e. The van der Waals surface area contributed by atoms with Crippen molar-refractivity contribution in [2.75, 3.05) is 13.7 Å². The summed E-state index contributed by atoms with van der Waals surface area (Å²) in [5.74, 6) is 0.208. The predicted octanol–water partition coefficient (Wildman–Crippen LogP) is 4.39. The molecule has 0 atom stereocenters. The molecule has 0 fully saturated rings. The van der Waals surface area contributed by atoms with Crippen molar-refractivity contribution in [1.82, 2.24) is 5.43 Å². The van der Waals surface area contributed by atoms with Crippen LogP contribution in [0.3, 0.4) is 0 Å². The van der Waals surface area contributed by atoms with Gasteiger partial charge in [0.1, 0.15) is 11.3 Å². The SMILES string of the molecule is CCOc1cc(/C=N/NC(=O)c2ccccc2C)ccc1OC(=O)c1ccccc1OC. The number of aryl methyl sites for hydroxylation is 1. The molecule has 0 heterocycles. The lowest BCUT2D eigenvalue weighted by Gasteiger charge is -2.12. The van der Waals surface area contributed by atoms with Gasteiger partial charge < -0.3 is 14.2 Å². The van der Waals surface area contributed by atoms with E-state index >= 15 is 0 Å². The third-order valence-electron chi connectivity index (χ3n) is 4.57. The molecule has 7 nitrogen and oxygen atoms in total. The van der Waals surface area contributed by atoms with Gasteiger partial charge in [-0.3, -0.25) is 4.79 Å². The number of hydrogen-bond donors (Lipinski definition) is 1. The zero-order valence-corrected chi connectivity index (χ0v) is 18.1. The van der Waals surface area contributed by atoms with E-state index in [1.54, 1.807) is 54.6 Å². The van der Waals surface area contributed by atoms with Crippen molar-refractivity contribution in [3.63, 3.8) is 0 Å². The Morgan fingerprint density at radius 1 is 0.938 bits per heavy atom. The summed E-state index contributed by atoms with van der Waals surface area (Å²) in [4.78, 5) is 24.9. The standard InChI is InChI=1S/C25H24N2O5/c1-4-31-23-15-18(16-26-27-24(28)19-10-6-5-9-17(19)2)13-14-22(23)32-25(29)20-11-7-8-12-21(20)30-3/h5-16H,4H2,1-3H3,(H,27,28)/b26-16+. The molecule has 0 bridgehead atoms. The molecule has 1 amide bonds. The Balaban J connectivity index is 1.74. The molecule has 0 aliphatic rings. The monoisotopic (exact) mass is 432 g/mol. The largest absolute Gasteiger partial charge is 0.496 e. The van der Waals surface area contributed by atoms with E-state index in [0.29, 0.717) is 34.8 Å². The van der Waals surface area contributed by atoms with Gasteiger partial charge in [0.2, 0.25) is 0 Å². The van der Waals surface area contributed by atoms with Crippen LogP contribution < -0.4 is 19.6 Å². The normalized spacial score (nSPS) is 10.6. The van der Waals surface area contributed by atoms with E-state index in [9.17, 15) is 9.59 Å². The molecule has 0 aromatic heterocycles. The number of hydrazone groups is 1. The maximum atomic E-state index is 12.6.